The Kier molecular flexibility index (Phi) is 9.26. The summed E-state index contributed by atoms with van der Waals surface area (Å²) in [5.74, 6) is 0. The van der Waals surface area contributed by atoms with Crippen molar-refractivity contribution in [3.63, 3.8) is 0 Å². The maximum atomic E-state index is 2.42. The van der Waals surface area contributed by atoms with Crippen LogP contribution in [0.15, 0.2) is 249 Å². The molecule has 0 atom stereocenters. The van der Waals surface area contributed by atoms with Gasteiger partial charge in [0.25, 0.3) is 0 Å². The lowest BCUT2D eigenvalue weighted by Gasteiger charge is -2.28. The molecule has 0 aliphatic carbocycles. The Morgan fingerprint density at radius 2 is 0.672 bits per heavy atom. The zero-order valence-corrected chi connectivity index (χ0v) is 33.6. The molecule has 0 radical (unpaired) electrons. The normalized spacial score (nSPS) is 11.3. The molecule has 61 heavy (non-hydrogen) atoms. The van der Waals surface area contributed by atoms with E-state index in [0.29, 0.717) is 0 Å². The van der Waals surface area contributed by atoms with Gasteiger partial charge < -0.3 is 4.90 Å². The predicted molar refractivity (Wildman–Crippen MR) is 261 cm³/mol. The van der Waals surface area contributed by atoms with E-state index < -0.39 is 0 Å². The third-order valence-electron chi connectivity index (χ3n) is 12.0. The Morgan fingerprint density at radius 1 is 0.213 bits per heavy atom. The summed E-state index contributed by atoms with van der Waals surface area (Å²) in [6, 6.07) is 90.5. The quantitative estimate of drug-likeness (QED) is 0.139. The fraction of sp³-hybridized carbons (Fsp3) is 0. The molecule has 0 bridgehead atoms. The molecule has 0 aromatic heterocycles. The summed E-state index contributed by atoms with van der Waals surface area (Å²) in [7, 11) is 0. The highest BCUT2D eigenvalue weighted by Crippen LogP contribution is 2.44. The second-order valence-electron chi connectivity index (χ2n) is 15.7. The van der Waals surface area contributed by atoms with Crippen molar-refractivity contribution in [2.24, 2.45) is 0 Å². The van der Waals surface area contributed by atoms with Gasteiger partial charge >= 0.3 is 0 Å². The number of benzene rings is 11. The van der Waals surface area contributed by atoms with Gasteiger partial charge in [-0.25, -0.2) is 0 Å². The number of rotatable bonds is 8. The SMILES string of the molecule is c1ccc(-c2ccc(-c3ccc(N(c4ccc(-c5cccc(-c6ccc7ccccc7c6)c5)cc4)c4cc5ccccc5c5ccccc45)cc3)cc2-c2ccccc2)cc1. The first-order chi connectivity index (χ1) is 30.2. The first-order valence-electron chi connectivity index (χ1n) is 21.0. The van der Waals surface area contributed by atoms with Gasteiger partial charge in [0.2, 0.25) is 0 Å². The highest BCUT2D eigenvalue weighted by Gasteiger charge is 2.18. The minimum absolute atomic E-state index is 1.10. The maximum Gasteiger partial charge on any atom is 0.0546 e. The Balaban J connectivity index is 1.00. The van der Waals surface area contributed by atoms with Crippen LogP contribution in [-0.4, -0.2) is 0 Å². The van der Waals surface area contributed by atoms with Gasteiger partial charge in [0.1, 0.15) is 0 Å². The van der Waals surface area contributed by atoms with Crippen LogP contribution in [0, 0.1) is 0 Å². The molecule has 11 aromatic rings. The van der Waals surface area contributed by atoms with Crippen LogP contribution in [0.4, 0.5) is 17.1 Å². The molecule has 11 rings (SSSR count). The van der Waals surface area contributed by atoms with Crippen molar-refractivity contribution in [1.82, 2.24) is 0 Å². The highest BCUT2D eigenvalue weighted by atomic mass is 15.1. The van der Waals surface area contributed by atoms with Crippen molar-refractivity contribution >= 4 is 49.4 Å². The summed E-state index contributed by atoms with van der Waals surface area (Å²) in [5.41, 5.74) is 15.4. The van der Waals surface area contributed by atoms with Gasteiger partial charge in [-0.3, -0.25) is 0 Å². The van der Waals surface area contributed by atoms with Crippen LogP contribution in [0.25, 0.3) is 88.0 Å². The van der Waals surface area contributed by atoms with Crippen LogP contribution in [-0.2, 0) is 0 Å². The van der Waals surface area contributed by atoms with E-state index in [0.717, 1.165) is 17.1 Å². The fourth-order valence-corrected chi connectivity index (χ4v) is 8.95. The number of hydrogen-bond acceptors (Lipinski definition) is 1. The van der Waals surface area contributed by atoms with E-state index in [4.69, 9.17) is 0 Å². The molecule has 0 fully saturated rings. The standard InChI is InChI=1S/C60H41N/c1-3-15-45(16-4-1)56-37-32-51(40-59(56)46-17-5-2-6-18-46)44-30-35-54(36-31-44)61(60-41-52-20-9-10-23-55(52)57-24-11-12-25-58(57)60)53-33-28-43(29-34-53)48-21-13-22-49(38-48)50-27-26-42-14-7-8-19-47(42)39-50/h1-41H. The average molecular weight is 776 g/mol. The van der Waals surface area contributed by atoms with Gasteiger partial charge in [-0.1, -0.05) is 200 Å². The molecule has 11 aromatic carbocycles. The molecule has 0 heterocycles. The highest BCUT2D eigenvalue weighted by molar-refractivity contribution is 6.14. The summed E-state index contributed by atoms with van der Waals surface area (Å²) in [6.07, 6.45) is 0. The van der Waals surface area contributed by atoms with Gasteiger partial charge in [0, 0.05) is 16.8 Å². The Bertz CT molecular complexity index is 3330. The fourth-order valence-electron chi connectivity index (χ4n) is 8.95. The van der Waals surface area contributed by atoms with Crippen molar-refractivity contribution in [2.75, 3.05) is 4.90 Å². The summed E-state index contributed by atoms with van der Waals surface area (Å²) in [4.78, 5) is 2.42. The third-order valence-corrected chi connectivity index (χ3v) is 12.0. The molecule has 0 N–H and O–H groups in total. The van der Waals surface area contributed by atoms with E-state index in [1.807, 2.05) is 0 Å². The molecule has 0 amide bonds. The molecular formula is C60H41N. The lowest BCUT2D eigenvalue weighted by Crippen LogP contribution is -2.10. The van der Waals surface area contributed by atoms with Gasteiger partial charge in [-0.15, -0.1) is 0 Å². The monoisotopic (exact) mass is 775 g/mol. The molecule has 0 spiro atoms. The molecule has 0 saturated heterocycles. The lowest BCUT2D eigenvalue weighted by atomic mass is 9.91. The Hall–Kier alpha value is -8.00. The molecule has 286 valence electrons. The minimum atomic E-state index is 1.10. The molecule has 1 nitrogen and oxygen atoms in total. The lowest BCUT2D eigenvalue weighted by molar-refractivity contribution is 1.30. The van der Waals surface area contributed by atoms with Gasteiger partial charge in [0.15, 0.2) is 0 Å². The molecular weight excluding hydrogens is 735 g/mol. The molecule has 0 saturated carbocycles. The second kappa shape index (κ2) is 15.6. The van der Waals surface area contributed by atoms with Crippen LogP contribution < -0.4 is 4.90 Å². The smallest absolute Gasteiger partial charge is 0.0546 e. The van der Waals surface area contributed by atoms with Crippen LogP contribution in [0.2, 0.25) is 0 Å². The van der Waals surface area contributed by atoms with E-state index in [1.54, 1.807) is 0 Å². The van der Waals surface area contributed by atoms with Crippen LogP contribution in [0.3, 0.4) is 0 Å². The first-order valence-corrected chi connectivity index (χ1v) is 21.0. The van der Waals surface area contributed by atoms with E-state index in [9.17, 15) is 0 Å². The largest absolute Gasteiger partial charge is 0.310 e. The van der Waals surface area contributed by atoms with E-state index >= 15 is 0 Å². The summed E-state index contributed by atoms with van der Waals surface area (Å²) in [6.45, 7) is 0. The molecule has 0 unspecified atom stereocenters. The predicted octanol–water partition coefficient (Wildman–Crippen LogP) is 17.0. The van der Waals surface area contributed by atoms with Crippen molar-refractivity contribution < 1.29 is 0 Å². The number of hydrogen-bond donors (Lipinski definition) is 0. The second-order valence-corrected chi connectivity index (χ2v) is 15.7. The summed E-state index contributed by atoms with van der Waals surface area (Å²) >= 11 is 0. The zero-order chi connectivity index (χ0) is 40.5. The van der Waals surface area contributed by atoms with E-state index in [2.05, 4.69) is 254 Å². The van der Waals surface area contributed by atoms with E-state index in [-0.39, 0.29) is 0 Å². The molecule has 0 aliphatic rings. The topological polar surface area (TPSA) is 3.24 Å². The summed E-state index contributed by atoms with van der Waals surface area (Å²) in [5, 5.41) is 7.43. The maximum absolute atomic E-state index is 2.42. The zero-order valence-electron chi connectivity index (χ0n) is 33.6. The van der Waals surface area contributed by atoms with Crippen LogP contribution in [0.5, 0.6) is 0 Å². The average Bonchev–Trinajstić information content (AvgIpc) is 3.35. The summed E-state index contributed by atoms with van der Waals surface area (Å²) < 4.78 is 0. The van der Waals surface area contributed by atoms with Crippen molar-refractivity contribution in [3.8, 4) is 55.6 Å². The van der Waals surface area contributed by atoms with E-state index in [1.165, 1.54) is 88.0 Å². The Labute approximate surface area is 357 Å². The van der Waals surface area contributed by atoms with Crippen LogP contribution >= 0.6 is 0 Å². The number of nitrogens with zero attached hydrogens (tertiary/aromatic N) is 1. The third kappa shape index (κ3) is 6.93. The number of fused-ring (bicyclic) bond motifs is 4. The molecule has 0 aliphatic heterocycles. The van der Waals surface area contributed by atoms with Crippen molar-refractivity contribution in [1.29, 1.82) is 0 Å². The van der Waals surface area contributed by atoms with Crippen molar-refractivity contribution in [2.45, 2.75) is 0 Å². The van der Waals surface area contributed by atoms with Gasteiger partial charge in [-0.2, -0.15) is 0 Å². The first kappa shape index (κ1) is 36.1. The van der Waals surface area contributed by atoms with Gasteiger partial charge in [-0.05, 0) is 131 Å². The number of anilines is 3. The Morgan fingerprint density at radius 3 is 1.34 bits per heavy atom. The van der Waals surface area contributed by atoms with Gasteiger partial charge in [0.05, 0.1) is 5.69 Å². The minimum Gasteiger partial charge on any atom is -0.310 e. The molecule has 1 heteroatoms. The van der Waals surface area contributed by atoms with Crippen molar-refractivity contribution in [3.05, 3.63) is 249 Å². The van der Waals surface area contributed by atoms with Crippen LogP contribution in [0.1, 0.15) is 0 Å².